The summed E-state index contributed by atoms with van der Waals surface area (Å²) in [6.07, 6.45) is 4.58. The molecule has 3 nitrogen and oxygen atoms in total. The number of ether oxygens (including phenoxy) is 1. The summed E-state index contributed by atoms with van der Waals surface area (Å²) < 4.78 is 5.24. The molecule has 1 N–H and O–H groups in total. The highest BCUT2D eigenvalue weighted by molar-refractivity contribution is 5.28. The lowest BCUT2D eigenvalue weighted by Gasteiger charge is -2.18. The summed E-state index contributed by atoms with van der Waals surface area (Å²) in [6.45, 7) is 3.04. The van der Waals surface area contributed by atoms with E-state index in [0.29, 0.717) is 0 Å². The number of hydrogen-bond acceptors (Lipinski definition) is 3. The zero-order valence-corrected chi connectivity index (χ0v) is 11.5. The predicted octanol–water partition coefficient (Wildman–Crippen LogP) is 2.98. The SMILES string of the molecule is CCNC(Cc1ccccc1)c1cncc(OC)c1. The van der Waals surface area contributed by atoms with E-state index in [9.17, 15) is 0 Å². The van der Waals surface area contributed by atoms with E-state index in [0.717, 1.165) is 24.3 Å². The second-order valence-electron chi connectivity index (χ2n) is 4.46. The number of rotatable bonds is 6. The highest BCUT2D eigenvalue weighted by Crippen LogP contribution is 2.21. The molecule has 0 radical (unpaired) electrons. The van der Waals surface area contributed by atoms with Crippen LogP contribution in [-0.2, 0) is 6.42 Å². The normalized spacial score (nSPS) is 12.1. The minimum absolute atomic E-state index is 0.259. The van der Waals surface area contributed by atoms with E-state index in [2.05, 4.69) is 41.5 Å². The molecule has 19 heavy (non-hydrogen) atoms. The second kappa shape index (κ2) is 6.90. The van der Waals surface area contributed by atoms with Crippen LogP contribution < -0.4 is 10.1 Å². The number of pyridine rings is 1. The number of nitrogens with one attached hydrogen (secondary N) is 1. The summed E-state index contributed by atoms with van der Waals surface area (Å²) in [7, 11) is 1.67. The number of benzene rings is 1. The topological polar surface area (TPSA) is 34.2 Å². The van der Waals surface area contributed by atoms with E-state index in [4.69, 9.17) is 4.74 Å². The molecule has 0 spiro atoms. The molecule has 0 aliphatic carbocycles. The van der Waals surface area contributed by atoms with Crippen molar-refractivity contribution in [1.82, 2.24) is 10.3 Å². The molecule has 2 rings (SSSR count). The lowest BCUT2D eigenvalue weighted by Crippen LogP contribution is -2.23. The van der Waals surface area contributed by atoms with E-state index < -0.39 is 0 Å². The van der Waals surface area contributed by atoms with Crippen molar-refractivity contribution in [2.24, 2.45) is 0 Å². The fraction of sp³-hybridized carbons (Fsp3) is 0.312. The van der Waals surface area contributed by atoms with Crippen molar-refractivity contribution in [1.29, 1.82) is 0 Å². The van der Waals surface area contributed by atoms with Gasteiger partial charge in [-0.1, -0.05) is 37.3 Å². The Morgan fingerprint density at radius 2 is 2.00 bits per heavy atom. The molecule has 3 heteroatoms. The largest absolute Gasteiger partial charge is 0.495 e. The van der Waals surface area contributed by atoms with Crippen LogP contribution in [0.3, 0.4) is 0 Å². The molecule has 1 aromatic heterocycles. The average molecular weight is 256 g/mol. The second-order valence-corrected chi connectivity index (χ2v) is 4.46. The number of nitrogens with zero attached hydrogens (tertiary/aromatic N) is 1. The molecule has 2 aromatic rings. The maximum Gasteiger partial charge on any atom is 0.137 e. The standard InChI is InChI=1S/C16H20N2O/c1-3-18-16(9-13-7-5-4-6-8-13)14-10-15(19-2)12-17-11-14/h4-8,10-12,16,18H,3,9H2,1-2H3. The summed E-state index contributed by atoms with van der Waals surface area (Å²) in [4.78, 5) is 4.24. The quantitative estimate of drug-likeness (QED) is 0.862. The molecular weight excluding hydrogens is 236 g/mol. The van der Waals surface area contributed by atoms with Crippen LogP contribution in [0.1, 0.15) is 24.1 Å². The van der Waals surface area contributed by atoms with Gasteiger partial charge in [0.25, 0.3) is 0 Å². The fourth-order valence-corrected chi connectivity index (χ4v) is 2.14. The zero-order chi connectivity index (χ0) is 13.5. The van der Waals surface area contributed by atoms with Gasteiger partial charge in [0.1, 0.15) is 5.75 Å². The first-order chi connectivity index (χ1) is 9.33. The van der Waals surface area contributed by atoms with Gasteiger partial charge in [-0.15, -0.1) is 0 Å². The van der Waals surface area contributed by atoms with Crippen molar-refractivity contribution in [3.05, 3.63) is 59.9 Å². The van der Waals surface area contributed by atoms with Crippen LogP contribution in [0.2, 0.25) is 0 Å². The van der Waals surface area contributed by atoms with Gasteiger partial charge in [-0.05, 0) is 30.2 Å². The minimum Gasteiger partial charge on any atom is -0.495 e. The van der Waals surface area contributed by atoms with Crippen LogP contribution in [0.25, 0.3) is 0 Å². The third-order valence-electron chi connectivity index (χ3n) is 3.11. The van der Waals surface area contributed by atoms with Crippen molar-refractivity contribution >= 4 is 0 Å². The molecule has 0 saturated heterocycles. The number of likely N-dealkylation sites (N-methyl/N-ethyl adjacent to an activating group) is 1. The van der Waals surface area contributed by atoms with Gasteiger partial charge in [0.2, 0.25) is 0 Å². The summed E-state index contributed by atoms with van der Waals surface area (Å²) >= 11 is 0. The van der Waals surface area contributed by atoms with Gasteiger partial charge < -0.3 is 10.1 Å². The molecular formula is C16H20N2O. The van der Waals surface area contributed by atoms with E-state index in [1.807, 2.05) is 18.3 Å². The summed E-state index contributed by atoms with van der Waals surface area (Å²) in [5.41, 5.74) is 2.47. The maximum absolute atomic E-state index is 5.24. The van der Waals surface area contributed by atoms with Crippen LogP contribution >= 0.6 is 0 Å². The lowest BCUT2D eigenvalue weighted by molar-refractivity contribution is 0.410. The Balaban J connectivity index is 2.19. The Bertz CT molecular complexity index is 499. The summed E-state index contributed by atoms with van der Waals surface area (Å²) in [5, 5.41) is 3.50. The van der Waals surface area contributed by atoms with Gasteiger partial charge in [-0.2, -0.15) is 0 Å². The van der Waals surface area contributed by atoms with Crippen LogP contribution in [0.4, 0.5) is 0 Å². The van der Waals surface area contributed by atoms with Gasteiger partial charge in [0.15, 0.2) is 0 Å². The van der Waals surface area contributed by atoms with E-state index in [-0.39, 0.29) is 6.04 Å². The minimum atomic E-state index is 0.259. The van der Waals surface area contributed by atoms with Crippen molar-refractivity contribution < 1.29 is 4.74 Å². The Kier molecular flexibility index (Phi) is 4.93. The Hall–Kier alpha value is -1.87. The van der Waals surface area contributed by atoms with Gasteiger partial charge in [0.05, 0.1) is 13.3 Å². The Morgan fingerprint density at radius 1 is 1.21 bits per heavy atom. The van der Waals surface area contributed by atoms with Crippen LogP contribution in [-0.4, -0.2) is 18.6 Å². The van der Waals surface area contributed by atoms with E-state index >= 15 is 0 Å². The number of hydrogen-bond donors (Lipinski definition) is 1. The number of methoxy groups -OCH3 is 1. The van der Waals surface area contributed by atoms with Crippen molar-refractivity contribution in [2.75, 3.05) is 13.7 Å². The highest BCUT2D eigenvalue weighted by Gasteiger charge is 2.12. The molecule has 0 saturated carbocycles. The van der Waals surface area contributed by atoms with Crippen LogP contribution in [0.5, 0.6) is 5.75 Å². The van der Waals surface area contributed by atoms with Crippen molar-refractivity contribution in [3.8, 4) is 5.75 Å². The zero-order valence-electron chi connectivity index (χ0n) is 11.5. The highest BCUT2D eigenvalue weighted by atomic mass is 16.5. The van der Waals surface area contributed by atoms with Crippen LogP contribution in [0.15, 0.2) is 48.8 Å². The first-order valence-corrected chi connectivity index (χ1v) is 6.59. The van der Waals surface area contributed by atoms with Crippen molar-refractivity contribution in [3.63, 3.8) is 0 Å². The molecule has 0 amide bonds. The smallest absolute Gasteiger partial charge is 0.137 e. The molecule has 1 atom stereocenters. The monoisotopic (exact) mass is 256 g/mol. The molecule has 1 unspecified atom stereocenters. The third kappa shape index (κ3) is 3.80. The number of aromatic nitrogens is 1. The third-order valence-corrected chi connectivity index (χ3v) is 3.11. The molecule has 1 aromatic carbocycles. The Morgan fingerprint density at radius 3 is 2.68 bits per heavy atom. The summed E-state index contributed by atoms with van der Waals surface area (Å²) in [5.74, 6) is 0.800. The van der Waals surface area contributed by atoms with Gasteiger partial charge in [-0.3, -0.25) is 4.98 Å². The van der Waals surface area contributed by atoms with E-state index in [1.54, 1.807) is 13.3 Å². The predicted molar refractivity (Wildman–Crippen MR) is 77.4 cm³/mol. The van der Waals surface area contributed by atoms with Crippen LogP contribution in [0, 0.1) is 0 Å². The van der Waals surface area contributed by atoms with E-state index in [1.165, 1.54) is 5.56 Å². The van der Waals surface area contributed by atoms with Gasteiger partial charge in [0, 0.05) is 12.2 Å². The molecule has 0 bridgehead atoms. The molecule has 0 aliphatic rings. The molecule has 0 fully saturated rings. The molecule has 1 heterocycles. The van der Waals surface area contributed by atoms with Gasteiger partial charge in [-0.25, -0.2) is 0 Å². The molecule has 0 aliphatic heterocycles. The van der Waals surface area contributed by atoms with Gasteiger partial charge >= 0.3 is 0 Å². The lowest BCUT2D eigenvalue weighted by atomic mass is 10.00. The average Bonchev–Trinajstić information content (AvgIpc) is 2.48. The van der Waals surface area contributed by atoms with Crippen molar-refractivity contribution in [2.45, 2.75) is 19.4 Å². The Labute approximate surface area is 114 Å². The first-order valence-electron chi connectivity index (χ1n) is 6.59. The maximum atomic E-state index is 5.24. The molecule has 100 valence electrons. The first kappa shape index (κ1) is 13.6. The summed E-state index contributed by atoms with van der Waals surface area (Å²) in [6, 6.07) is 12.8. The fourth-order valence-electron chi connectivity index (χ4n) is 2.14.